The number of carbonyl (C=O) groups excluding carboxylic acids is 2. The quantitative estimate of drug-likeness (QED) is 0.290. The molecule has 2 saturated heterocycles. The van der Waals surface area contributed by atoms with Crippen molar-refractivity contribution in [2.75, 3.05) is 33.4 Å². The zero-order valence-corrected chi connectivity index (χ0v) is 14.8. The minimum atomic E-state index is -0.575. The smallest absolute Gasteiger partial charge is 0.261 e. The van der Waals surface area contributed by atoms with Crippen molar-refractivity contribution in [1.29, 1.82) is 0 Å². The molecule has 2 rings (SSSR count). The molecule has 0 aromatic heterocycles. The van der Waals surface area contributed by atoms with Crippen LogP contribution in [0, 0.1) is 5.41 Å². The molecule has 0 radical (unpaired) electrons. The summed E-state index contributed by atoms with van der Waals surface area (Å²) in [4.78, 5) is 24.7. The zero-order valence-electron chi connectivity index (χ0n) is 14.8. The lowest BCUT2D eigenvalue weighted by Gasteiger charge is -2.25. The van der Waals surface area contributed by atoms with E-state index in [0.717, 1.165) is 44.8 Å². The Bertz CT molecular complexity index is 614. The molecule has 2 amide bonds. The van der Waals surface area contributed by atoms with Gasteiger partial charge in [0.25, 0.3) is 5.91 Å². The van der Waals surface area contributed by atoms with Crippen LogP contribution >= 0.6 is 0 Å². The highest BCUT2D eigenvalue weighted by atomic mass is 16.5. The SMILES string of the molecule is CN/C=C(C(=O)NC=O)/C(N)=C/C(=C(/C)N)N1CCC2(CCOC2)C1. The highest BCUT2D eigenvalue weighted by Crippen LogP contribution is 2.40. The summed E-state index contributed by atoms with van der Waals surface area (Å²) in [5.41, 5.74) is 14.2. The summed E-state index contributed by atoms with van der Waals surface area (Å²) < 4.78 is 5.56. The standard InChI is InChI=1S/C17H27N5O3/c1-12(18)15(22-5-3-17(9-22)4-6-25-10-17)7-14(19)13(8-20-2)16(24)21-11-23/h7-8,11,20H,3-6,9-10,18-19H2,1-2H3,(H,21,23,24)/b13-8-,14-7-,15-12+. The Hall–Kier alpha value is -2.48. The second-order valence-corrected chi connectivity index (χ2v) is 6.58. The number of nitrogens with two attached hydrogens (primary N) is 2. The van der Waals surface area contributed by atoms with Gasteiger partial charge in [0.2, 0.25) is 6.41 Å². The minimum Gasteiger partial charge on any atom is -0.401 e. The Labute approximate surface area is 147 Å². The summed E-state index contributed by atoms with van der Waals surface area (Å²) in [5, 5.41) is 4.86. The lowest BCUT2D eigenvalue weighted by Crippen LogP contribution is -2.30. The van der Waals surface area contributed by atoms with Crippen LogP contribution in [-0.2, 0) is 14.3 Å². The van der Waals surface area contributed by atoms with Crippen molar-refractivity contribution in [3.8, 4) is 0 Å². The van der Waals surface area contributed by atoms with E-state index in [1.165, 1.54) is 6.20 Å². The molecule has 2 heterocycles. The van der Waals surface area contributed by atoms with Gasteiger partial charge in [-0.1, -0.05) is 0 Å². The average molecular weight is 349 g/mol. The van der Waals surface area contributed by atoms with Crippen molar-refractivity contribution >= 4 is 12.3 Å². The number of allylic oxidation sites excluding steroid dienone is 2. The van der Waals surface area contributed by atoms with Gasteiger partial charge in [0.05, 0.1) is 17.9 Å². The van der Waals surface area contributed by atoms with Crippen molar-refractivity contribution in [3.05, 3.63) is 34.9 Å². The van der Waals surface area contributed by atoms with E-state index >= 15 is 0 Å². The van der Waals surface area contributed by atoms with Gasteiger partial charge in [0.15, 0.2) is 0 Å². The highest BCUT2D eigenvalue weighted by Gasteiger charge is 2.41. The van der Waals surface area contributed by atoms with Gasteiger partial charge < -0.3 is 26.4 Å². The molecular weight excluding hydrogens is 322 g/mol. The topological polar surface area (TPSA) is 123 Å². The number of imide groups is 1. The Morgan fingerprint density at radius 1 is 1.32 bits per heavy atom. The molecule has 8 heteroatoms. The van der Waals surface area contributed by atoms with Crippen LogP contribution in [-0.4, -0.2) is 50.6 Å². The first kappa shape index (κ1) is 18.9. The minimum absolute atomic E-state index is 0.173. The van der Waals surface area contributed by atoms with E-state index in [-0.39, 0.29) is 16.7 Å². The number of hydrogen-bond donors (Lipinski definition) is 4. The average Bonchev–Trinajstić information content (AvgIpc) is 3.20. The molecule has 2 aliphatic rings. The third kappa shape index (κ3) is 4.33. The molecule has 0 saturated carbocycles. The summed E-state index contributed by atoms with van der Waals surface area (Å²) in [6, 6.07) is 0. The fourth-order valence-electron chi connectivity index (χ4n) is 3.35. The Morgan fingerprint density at radius 2 is 2.08 bits per heavy atom. The maximum absolute atomic E-state index is 12.0. The first-order chi connectivity index (χ1) is 11.9. The van der Waals surface area contributed by atoms with Crippen molar-refractivity contribution in [3.63, 3.8) is 0 Å². The van der Waals surface area contributed by atoms with Crippen molar-refractivity contribution in [1.82, 2.24) is 15.5 Å². The number of nitrogens with zero attached hydrogens (tertiary/aromatic N) is 1. The molecule has 0 aromatic carbocycles. The Balaban J connectivity index is 2.24. The molecule has 8 nitrogen and oxygen atoms in total. The maximum atomic E-state index is 12.0. The molecule has 138 valence electrons. The number of amides is 2. The van der Waals surface area contributed by atoms with Gasteiger partial charge in [-0.3, -0.25) is 14.9 Å². The van der Waals surface area contributed by atoms with E-state index in [1.54, 1.807) is 13.1 Å². The number of rotatable bonds is 6. The summed E-state index contributed by atoms with van der Waals surface area (Å²) in [7, 11) is 1.65. The zero-order chi connectivity index (χ0) is 18.4. The van der Waals surface area contributed by atoms with E-state index in [9.17, 15) is 9.59 Å². The van der Waals surface area contributed by atoms with Gasteiger partial charge in [0, 0.05) is 49.8 Å². The normalized spacial score (nSPS) is 25.1. The number of nitrogens with one attached hydrogen (secondary N) is 2. The van der Waals surface area contributed by atoms with E-state index in [2.05, 4.69) is 15.5 Å². The fourth-order valence-corrected chi connectivity index (χ4v) is 3.35. The van der Waals surface area contributed by atoms with Crippen LogP contribution in [0.5, 0.6) is 0 Å². The van der Waals surface area contributed by atoms with Gasteiger partial charge in [-0.15, -0.1) is 0 Å². The molecule has 1 spiro atoms. The molecule has 0 aromatic rings. The van der Waals surface area contributed by atoms with E-state index in [1.807, 2.05) is 6.92 Å². The lowest BCUT2D eigenvalue weighted by molar-refractivity contribution is -0.122. The second kappa shape index (κ2) is 8.06. The summed E-state index contributed by atoms with van der Waals surface area (Å²) in [5.74, 6) is -0.575. The second-order valence-electron chi connectivity index (χ2n) is 6.58. The Morgan fingerprint density at radius 3 is 2.64 bits per heavy atom. The fraction of sp³-hybridized carbons (Fsp3) is 0.529. The molecule has 6 N–H and O–H groups in total. The molecule has 2 fully saturated rings. The Kier molecular flexibility index (Phi) is 6.08. The molecule has 2 aliphatic heterocycles. The predicted molar refractivity (Wildman–Crippen MR) is 94.6 cm³/mol. The number of carbonyl (C=O) groups is 2. The molecule has 0 bridgehead atoms. The van der Waals surface area contributed by atoms with Gasteiger partial charge in [-0.25, -0.2) is 0 Å². The highest BCUT2D eigenvalue weighted by molar-refractivity contribution is 6.02. The largest absolute Gasteiger partial charge is 0.401 e. The summed E-state index contributed by atoms with van der Waals surface area (Å²) >= 11 is 0. The third-order valence-electron chi connectivity index (χ3n) is 4.69. The number of likely N-dealkylation sites (tertiary alicyclic amines) is 1. The number of ether oxygens (including phenoxy) is 1. The molecule has 0 aliphatic carbocycles. The van der Waals surface area contributed by atoms with Crippen LogP contribution in [0.15, 0.2) is 34.9 Å². The van der Waals surface area contributed by atoms with Crippen LogP contribution in [0.4, 0.5) is 0 Å². The summed E-state index contributed by atoms with van der Waals surface area (Å²) in [6.45, 7) is 5.09. The monoisotopic (exact) mass is 349 g/mol. The molecule has 1 atom stereocenters. The van der Waals surface area contributed by atoms with Gasteiger partial charge in [0.1, 0.15) is 0 Å². The van der Waals surface area contributed by atoms with E-state index in [4.69, 9.17) is 16.2 Å². The molecule has 1 unspecified atom stereocenters. The van der Waals surface area contributed by atoms with Crippen molar-refractivity contribution in [2.45, 2.75) is 19.8 Å². The molecule has 25 heavy (non-hydrogen) atoms. The van der Waals surface area contributed by atoms with Crippen LogP contribution in [0.1, 0.15) is 19.8 Å². The summed E-state index contributed by atoms with van der Waals surface area (Å²) in [6.07, 6.45) is 5.56. The van der Waals surface area contributed by atoms with Gasteiger partial charge in [-0.05, 0) is 25.8 Å². The van der Waals surface area contributed by atoms with Crippen molar-refractivity contribution < 1.29 is 14.3 Å². The third-order valence-corrected chi connectivity index (χ3v) is 4.69. The van der Waals surface area contributed by atoms with Crippen LogP contribution in [0.3, 0.4) is 0 Å². The maximum Gasteiger partial charge on any atom is 0.261 e. The molecular formula is C17H27N5O3. The predicted octanol–water partition coefficient (Wildman–Crippen LogP) is -0.492. The van der Waals surface area contributed by atoms with E-state index in [0.29, 0.717) is 12.1 Å². The van der Waals surface area contributed by atoms with E-state index < -0.39 is 5.91 Å². The van der Waals surface area contributed by atoms with Gasteiger partial charge >= 0.3 is 0 Å². The number of hydrogen-bond acceptors (Lipinski definition) is 7. The van der Waals surface area contributed by atoms with Gasteiger partial charge in [-0.2, -0.15) is 0 Å². The van der Waals surface area contributed by atoms with Crippen molar-refractivity contribution in [2.24, 2.45) is 16.9 Å². The lowest BCUT2D eigenvalue weighted by atomic mass is 9.87. The van der Waals surface area contributed by atoms with Crippen LogP contribution < -0.4 is 22.1 Å². The van der Waals surface area contributed by atoms with Crippen LogP contribution in [0.2, 0.25) is 0 Å². The van der Waals surface area contributed by atoms with Crippen LogP contribution in [0.25, 0.3) is 0 Å². The first-order valence-electron chi connectivity index (χ1n) is 8.31. The first-order valence-corrected chi connectivity index (χ1v) is 8.31.